The van der Waals surface area contributed by atoms with Crippen molar-refractivity contribution >= 4 is 11.6 Å². The van der Waals surface area contributed by atoms with Crippen molar-refractivity contribution < 1.29 is 9.72 Å². The van der Waals surface area contributed by atoms with E-state index in [0.29, 0.717) is 5.56 Å². The highest BCUT2D eigenvalue weighted by Crippen LogP contribution is 2.13. The SMILES string of the molecule is CCCCCC(C)NC(=O)c1cccc([N+](=O)[O-])c1. The number of hydrogen-bond donors (Lipinski definition) is 1. The smallest absolute Gasteiger partial charge is 0.270 e. The van der Waals surface area contributed by atoms with Crippen molar-refractivity contribution in [2.45, 2.75) is 45.6 Å². The van der Waals surface area contributed by atoms with Crippen molar-refractivity contribution in [3.05, 3.63) is 39.9 Å². The summed E-state index contributed by atoms with van der Waals surface area (Å²) in [5.74, 6) is -0.257. The van der Waals surface area contributed by atoms with Gasteiger partial charge in [0.05, 0.1) is 4.92 Å². The summed E-state index contributed by atoms with van der Waals surface area (Å²) in [6.07, 6.45) is 4.30. The Morgan fingerprint density at radius 1 is 1.42 bits per heavy atom. The van der Waals surface area contributed by atoms with Crippen LogP contribution in [0.4, 0.5) is 5.69 Å². The van der Waals surface area contributed by atoms with E-state index in [1.165, 1.54) is 18.2 Å². The van der Waals surface area contributed by atoms with Crippen LogP contribution in [-0.2, 0) is 0 Å². The average molecular weight is 264 g/mol. The summed E-state index contributed by atoms with van der Waals surface area (Å²) in [7, 11) is 0. The van der Waals surface area contributed by atoms with E-state index < -0.39 is 4.92 Å². The zero-order valence-corrected chi connectivity index (χ0v) is 11.4. The number of rotatable bonds is 7. The van der Waals surface area contributed by atoms with E-state index in [9.17, 15) is 14.9 Å². The highest BCUT2D eigenvalue weighted by molar-refractivity contribution is 5.94. The summed E-state index contributed by atoms with van der Waals surface area (Å²) in [4.78, 5) is 22.1. The van der Waals surface area contributed by atoms with Crippen LogP contribution in [0.1, 0.15) is 49.9 Å². The van der Waals surface area contributed by atoms with Crippen molar-refractivity contribution in [3.63, 3.8) is 0 Å². The maximum absolute atomic E-state index is 11.9. The molecular weight excluding hydrogens is 244 g/mol. The van der Waals surface area contributed by atoms with Crippen LogP contribution in [0.25, 0.3) is 0 Å². The van der Waals surface area contributed by atoms with Crippen LogP contribution < -0.4 is 5.32 Å². The predicted molar refractivity (Wildman–Crippen MR) is 74.2 cm³/mol. The fourth-order valence-electron chi connectivity index (χ4n) is 1.84. The van der Waals surface area contributed by atoms with Crippen molar-refractivity contribution in [3.8, 4) is 0 Å². The molecule has 0 bridgehead atoms. The Hall–Kier alpha value is -1.91. The number of non-ortho nitro benzene ring substituents is 1. The van der Waals surface area contributed by atoms with Gasteiger partial charge in [0.1, 0.15) is 0 Å². The van der Waals surface area contributed by atoms with Gasteiger partial charge in [0.25, 0.3) is 11.6 Å². The molecular formula is C14H20N2O3. The molecule has 1 aromatic rings. The van der Waals surface area contributed by atoms with E-state index in [-0.39, 0.29) is 17.6 Å². The molecule has 0 saturated heterocycles. The summed E-state index contributed by atoms with van der Waals surface area (Å²) in [6, 6.07) is 5.86. The van der Waals surface area contributed by atoms with Gasteiger partial charge in [-0.2, -0.15) is 0 Å². The minimum atomic E-state index is -0.499. The van der Waals surface area contributed by atoms with E-state index in [1.807, 2.05) is 6.92 Å². The molecule has 0 aliphatic rings. The molecule has 0 spiro atoms. The lowest BCUT2D eigenvalue weighted by molar-refractivity contribution is -0.384. The number of nitrogens with one attached hydrogen (secondary N) is 1. The summed E-state index contributed by atoms with van der Waals surface area (Å²) >= 11 is 0. The maximum Gasteiger partial charge on any atom is 0.270 e. The van der Waals surface area contributed by atoms with E-state index >= 15 is 0 Å². The minimum absolute atomic E-state index is 0.0636. The van der Waals surface area contributed by atoms with E-state index in [4.69, 9.17) is 0 Å². The first kappa shape index (κ1) is 15.1. The highest BCUT2D eigenvalue weighted by atomic mass is 16.6. The van der Waals surface area contributed by atoms with Crippen molar-refractivity contribution in [1.29, 1.82) is 0 Å². The van der Waals surface area contributed by atoms with Gasteiger partial charge in [-0.25, -0.2) is 0 Å². The molecule has 1 N–H and O–H groups in total. The molecule has 5 nitrogen and oxygen atoms in total. The summed E-state index contributed by atoms with van der Waals surface area (Å²) < 4.78 is 0. The van der Waals surface area contributed by atoms with E-state index in [2.05, 4.69) is 12.2 Å². The maximum atomic E-state index is 11.9. The van der Waals surface area contributed by atoms with Crippen molar-refractivity contribution in [2.24, 2.45) is 0 Å². The Bertz CT molecular complexity index is 446. The Kier molecular flexibility index (Phi) is 5.99. The second kappa shape index (κ2) is 7.51. The number of unbranched alkanes of at least 4 members (excludes halogenated alkanes) is 2. The molecule has 19 heavy (non-hydrogen) atoms. The largest absolute Gasteiger partial charge is 0.350 e. The quantitative estimate of drug-likeness (QED) is 0.466. The first-order valence-electron chi connectivity index (χ1n) is 6.60. The molecule has 1 atom stereocenters. The van der Waals surface area contributed by atoms with Gasteiger partial charge in [-0.05, 0) is 19.4 Å². The monoisotopic (exact) mass is 264 g/mol. The van der Waals surface area contributed by atoms with Gasteiger partial charge < -0.3 is 5.32 Å². The number of nitro benzene ring substituents is 1. The summed E-state index contributed by atoms with van der Waals surface area (Å²) in [5.41, 5.74) is 0.267. The summed E-state index contributed by atoms with van der Waals surface area (Å²) in [5, 5.41) is 13.5. The zero-order valence-electron chi connectivity index (χ0n) is 11.4. The lowest BCUT2D eigenvalue weighted by Gasteiger charge is -2.13. The molecule has 0 aliphatic carbocycles. The number of nitro groups is 1. The lowest BCUT2D eigenvalue weighted by atomic mass is 10.1. The predicted octanol–water partition coefficient (Wildman–Crippen LogP) is 3.29. The van der Waals surface area contributed by atoms with Crippen LogP contribution in [-0.4, -0.2) is 16.9 Å². The number of carbonyl (C=O) groups excluding carboxylic acids is 1. The number of amides is 1. The Labute approximate surface area is 113 Å². The third kappa shape index (κ3) is 5.07. The Morgan fingerprint density at radius 2 is 2.16 bits per heavy atom. The number of benzene rings is 1. The molecule has 0 aliphatic heterocycles. The molecule has 104 valence electrons. The van der Waals surface area contributed by atoms with E-state index in [1.54, 1.807) is 6.07 Å². The second-order valence-electron chi connectivity index (χ2n) is 4.68. The first-order chi connectivity index (χ1) is 9.04. The average Bonchev–Trinajstić information content (AvgIpc) is 2.39. The molecule has 0 radical (unpaired) electrons. The molecule has 1 aromatic carbocycles. The summed E-state index contributed by atoms with van der Waals surface area (Å²) in [6.45, 7) is 4.08. The van der Waals surface area contributed by atoms with Crippen LogP contribution in [0.15, 0.2) is 24.3 Å². The zero-order chi connectivity index (χ0) is 14.3. The van der Waals surface area contributed by atoms with Gasteiger partial charge in [0.2, 0.25) is 0 Å². The van der Waals surface area contributed by atoms with Crippen molar-refractivity contribution in [1.82, 2.24) is 5.32 Å². The van der Waals surface area contributed by atoms with Crippen LogP contribution in [0.5, 0.6) is 0 Å². The number of nitrogens with zero attached hydrogens (tertiary/aromatic N) is 1. The van der Waals surface area contributed by atoms with Gasteiger partial charge in [-0.15, -0.1) is 0 Å². The minimum Gasteiger partial charge on any atom is -0.350 e. The normalized spacial score (nSPS) is 11.9. The van der Waals surface area contributed by atoms with E-state index in [0.717, 1.165) is 25.7 Å². The van der Waals surface area contributed by atoms with Crippen LogP contribution in [0.3, 0.4) is 0 Å². The van der Waals surface area contributed by atoms with Crippen LogP contribution >= 0.6 is 0 Å². The fraction of sp³-hybridized carbons (Fsp3) is 0.500. The number of hydrogen-bond acceptors (Lipinski definition) is 3. The third-order valence-corrected chi connectivity index (χ3v) is 2.94. The molecule has 1 unspecified atom stereocenters. The second-order valence-corrected chi connectivity index (χ2v) is 4.68. The molecule has 5 heteroatoms. The van der Waals surface area contributed by atoms with Gasteiger partial charge in [0.15, 0.2) is 0 Å². The molecule has 0 heterocycles. The van der Waals surface area contributed by atoms with Crippen LogP contribution in [0, 0.1) is 10.1 Å². The third-order valence-electron chi connectivity index (χ3n) is 2.94. The van der Waals surface area contributed by atoms with Gasteiger partial charge in [-0.3, -0.25) is 14.9 Å². The highest BCUT2D eigenvalue weighted by Gasteiger charge is 2.13. The molecule has 0 fully saturated rings. The lowest BCUT2D eigenvalue weighted by Crippen LogP contribution is -2.32. The van der Waals surface area contributed by atoms with Gasteiger partial charge in [-0.1, -0.05) is 32.3 Å². The fourth-order valence-corrected chi connectivity index (χ4v) is 1.84. The van der Waals surface area contributed by atoms with Crippen LogP contribution in [0.2, 0.25) is 0 Å². The molecule has 1 amide bonds. The Balaban J connectivity index is 2.57. The molecule has 1 rings (SSSR count). The first-order valence-corrected chi connectivity index (χ1v) is 6.60. The van der Waals surface area contributed by atoms with Gasteiger partial charge in [0, 0.05) is 23.7 Å². The van der Waals surface area contributed by atoms with Gasteiger partial charge >= 0.3 is 0 Å². The Morgan fingerprint density at radius 3 is 2.79 bits per heavy atom. The van der Waals surface area contributed by atoms with Crippen molar-refractivity contribution in [2.75, 3.05) is 0 Å². The topological polar surface area (TPSA) is 72.2 Å². The molecule has 0 saturated carbocycles. The number of carbonyl (C=O) groups is 1. The standard InChI is InChI=1S/C14H20N2O3/c1-3-4-5-7-11(2)15-14(17)12-8-6-9-13(10-12)16(18)19/h6,8-11H,3-5,7H2,1-2H3,(H,15,17). The molecule has 0 aromatic heterocycles.